The van der Waals surface area contributed by atoms with Crippen molar-refractivity contribution in [2.45, 2.75) is 30.7 Å². The van der Waals surface area contributed by atoms with Crippen LogP contribution in [-0.4, -0.2) is 37.0 Å². The molecule has 1 aliphatic heterocycles. The summed E-state index contributed by atoms with van der Waals surface area (Å²) in [6.07, 6.45) is 1.49. The molecule has 0 aromatic heterocycles. The minimum absolute atomic E-state index is 0.138. The van der Waals surface area contributed by atoms with Gasteiger partial charge in [0.15, 0.2) is 0 Å². The second kappa shape index (κ2) is 4.87. The molecule has 100 valence electrons. The third-order valence-electron chi connectivity index (χ3n) is 3.21. The van der Waals surface area contributed by atoms with Crippen LogP contribution >= 0.6 is 0 Å². The number of nitrogens with zero attached hydrogens (tertiary/aromatic N) is 1. The maximum atomic E-state index is 12.5. The summed E-state index contributed by atoms with van der Waals surface area (Å²) in [5, 5.41) is 9.23. The highest BCUT2D eigenvalue weighted by Crippen LogP contribution is 2.27. The molecule has 0 aliphatic carbocycles. The van der Waals surface area contributed by atoms with E-state index in [1.807, 2.05) is 6.92 Å². The molecule has 0 saturated carbocycles. The van der Waals surface area contributed by atoms with Crippen LogP contribution in [0.1, 0.15) is 18.4 Å². The summed E-state index contributed by atoms with van der Waals surface area (Å²) in [6, 6.07) is 4.50. The maximum absolute atomic E-state index is 12.5. The fourth-order valence-corrected chi connectivity index (χ4v) is 4.19. The predicted octanol–water partition coefficient (Wildman–Crippen LogP) is 0.723. The number of hydrogen-bond acceptors (Lipinski definition) is 4. The Balaban J connectivity index is 2.41. The van der Waals surface area contributed by atoms with E-state index in [1.54, 1.807) is 12.1 Å². The van der Waals surface area contributed by atoms with Crippen LogP contribution in [0, 0.1) is 6.92 Å². The number of nitrogens with two attached hydrogens (primary N) is 1. The van der Waals surface area contributed by atoms with Crippen molar-refractivity contribution in [3.63, 3.8) is 0 Å². The van der Waals surface area contributed by atoms with Gasteiger partial charge in [0.1, 0.15) is 0 Å². The summed E-state index contributed by atoms with van der Waals surface area (Å²) in [4.78, 5) is 0.209. The number of sulfonamides is 1. The molecule has 0 bridgehead atoms. The van der Waals surface area contributed by atoms with E-state index in [4.69, 9.17) is 5.73 Å². The van der Waals surface area contributed by atoms with Crippen molar-refractivity contribution in [1.82, 2.24) is 4.31 Å². The van der Waals surface area contributed by atoms with Gasteiger partial charge in [0.05, 0.1) is 11.5 Å². The number of benzene rings is 1. The molecule has 1 aromatic carbocycles. The Kier molecular flexibility index (Phi) is 3.61. The van der Waals surface area contributed by atoms with Crippen LogP contribution in [0.25, 0.3) is 0 Å². The number of aliphatic hydroxyl groups excluding tert-OH is 1. The summed E-state index contributed by atoms with van der Waals surface area (Å²) in [5.74, 6) is 0. The van der Waals surface area contributed by atoms with E-state index in [0.717, 1.165) is 12.0 Å². The molecule has 1 aliphatic rings. The lowest BCUT2D eigenvalue weighted by molar-refractivity contribution is 0.213. The lowest BCUT2D eigenvalue weighted by Crippen LogP contribution is -2.37. The van der Waals surface area contributed by atoms with E-state index in [-0.39, 0.29) is 17.5 Å². The summed E-state index contributed by atoms with van der Waals surface area (Å²) >= 11 is 0. The van der Waals surface area contributed by atoms with Crippen molar-refractivity contribution in [3.8, 4) is 0 Å². The highest BCUT2D eigenvalue weighted by Gasteiger charge is 2.34. The molecule has 1 fully saturated rings. The molecular weight excluding hydrogens is 252 g/mol. The van der Waals surface area contributed by atoms with Crippen LogP contribution in [0.4, 0.5) is 5.69 Å². The number of aryl methyl sites for hydroxylation is 1. The van der Waals surface area contributed by atoms with Crippen LogP contribution in [0.2, 0.25) is 0 Å². The Morgan fingerprint density at radius 2 is 2.17 bits per heavy atom. The van der Waals surface area contributed by atoms with E-state index in [2.05, 4.69) is 0 Å². The third-order valence-corrected chi connectivity index (χ3v) is 5.14. The van der Waals surface area contributed by atoms with E-state index >= 15 is 0 Å². The van der Waals surface area contributed by atoms with Crippen LogP contribution in [0.3, 0.4) is 0 Å². The Morgan fingerprint density at radius 1 is 1.44 bits per heavy atom. The third kappa shape index (κ3) is 2.36. The highest BCUT2D eigenvalue weighted by atomic mass is 32.2. The number of hydrogen-bond donors (Lipinski definition) is 2. The first-order valence-corrected chi connectivity index (χ1v) is 7.39. The number of rotatable bonds is 3. The second-order valence-electron chi connectivity index (χ2n) is 4.67. The number of aliphatic hydroxyl groups is 1. The lowest BCUT2D eigenvalue weighted by atomic mass is 10.2. The van der Waals surface area contributed by atoms with Crippen molar-refractivity contribution in [3.05, 3.63) is 23.8 Å². The first kappa shape index (κ1) is 13.3. The van der Waals surface area contributed by atoms with E-state index in [1.165, 1.54) is 10.4 Å². The fraction of sp³-hybridized carbons (Fsp3) is 0.500. The largest absolute Gasteiger partial charge is 0.399 e. The molecular formula is C12H18N2O3S. The summed E-state index contributed by atoms with van der Waals surface area (Å²) in [7, 11) is -3.55. The van der Waals surface area contributed by atoms with Crippen molar-refractivity contribution in [2.75, 3.05) is 18.9 Å². The van der Waals surface area contributed by atoms with E-state index in [9.17, 15) is 13.5 Å². The maximum Gasteiger partial charge on any atom is 0.243 e. The average Bonchev–Trinajstić information content (AvgIpc) is 2.76. The number of anilines is 1. The molecule has 3 N–H and O–H groups in total. The van der Waals surface area contributed by atoms with Gasteiger partial charge in [0, 0.05) is 18.3 Å². The Bertz CT molecular complexity index is 522. The predicted molar refractivity (Wildman–Crippen MR) is 69.6 cm³/mol. The van der Waals surface area contributed by atoms with Crippen molar-refractivity contribution in [1.29, 1.82) is 0 Å². The zero-order valence-corrected chi connectivity index (χ0v) is 11.2. The van der Waals surface area contributed by atoms with Crippen LogP contribution in [-0.2, 0) is 10.0 Å². The molecule has 5 nitrogen and oxygen atoms in total. The summed E-state index contributed by atoms with van der Waals surface area (Å²) in [5.41, 5.74) is 6.94. The molecule has 0 spiro atoms. The van der Waals surface area contributed by atoms with Gasteiger partial charge in [-0.25, -0.2) is 8.42 Å². The topological polar surface area (TPSA) is 83.6 Å². The van der Waals surface area contributed by atoms with Crippen LogP contribution in [0.15, 0.2) is 23.1 Å². The zero-order valence-electron chi connectivity index (χ0n) is 10.3. The molecule has 18 heavy (non-hydrogen) atoms. The van der Waals surface area contributed by atoms with Gasteiger partial charge in [0.25, 0.3) is 0 Å². The quantitative estimate of drug-likeness (QED) is 0.793. The SMILES string of the molecule is Cc1cc(N)cc(S(=O)(=O)N2CCC[C@@H]2CO)c1. The average molecular weight is 270 g/mol. The Morgan fingerprint density at radius 3 is 2.78 bits per heavy atom. The molecule has 0 amide bonds. The van der Waals surface area contributed by atoms with Gasteiger partial charge >= 0.3 is 0 Å². The summed E-state index contributed by atoms with van der Waals surface area (Å²) < 4.78 is 26.3. The zero-order chi connectivity index (χ0) is 13.3. The van der Waals surface area contributed by atoms with Gasteiger partial charge in [-0.15, -0.1) is 0 Å². The fourth-order valence-electron chi connectivity index (χ4n) is 2.37. The first-order valence-electron chi connectivity index (χ1n) is 5.95. The second-order valence-corrected chi connectivity index (χ2v) is 6.56. The smallest absolute Gasteiger partial charge is 0.243 e. The molecule has 2 rings (SSSR count). The van der Waals surface area contributed by atoms with Crippen LogP contribution in [0.5, 0.6) is 0 Å². The monoisotopic (exact) mass is 270 g/mol. The molecule has 1 saturated heterocycles. The highest BCUT2D eigenvalue weighted by molar-refractivity contribution is 7.89. The minimum atomic E-state index is -3.55. The number of nitrogen functional groups attached to an aromatic ring is 1. The van der Waals surface area contributed by atoms with Gasteiger partial charge in [0.2, 0.25) is 10.0 Å². The Hall–Kier alpha value is -1.11. The van der Waals surface area contributed by atoms with Gasteiger partial charge in [-0.05, 0) is 43.5 Å². The van der Waals surface area contributed by atoms with E-state index < -0.39 is 10.0 Å². The van der Waals surface area contributed by atoms with E-state index in [0.29, 0.717) is 18.7 Å². The van der Waals surface area contributed by atoms with Gasteiger partial charge in [-0.3, -0.25) is 0 Å². The first-order chi connectivity index (χ1) is 8.45. The lowest BCUT2D eigenvalue weighted by Gasteiger charge is -2.22. The van der Waals surface area contributed by atoms with Crippen molar-refractivity contribution in [2.24, 2.45) is 0 Å². The molecule has 1 atom stereocenters. The van der Waals surface area contributed by atoms with Gasteiger partial charge in [-0.2, -0.15) is 4.31 Å². The van der Waals surface area contributed by atoms with Crippen molar-refractivity contribution < 1.29 is 13.5 Å². The molecule has 0 unspecified atom stereocenters. The normalized spacial score (nSPS) is 21.3. The molecule has 6 heteroatoms. The van der Waals surface area contributed by atoms with Crippen molar-refractivity contribution >= 4 is 15.7 Å². The van der Waals surface area contributed by atoms with Gasteiger partial charge < -0.3 is 10.8 Å². The minimum Gasteiger partial charge on any atom is -0.399 e. The standard InChI is InChI=1S/C12H18N2O3S/c1-9-5-10(13)7-12(6-9)18(16,17)14-4-2-3-11(14)8-15/h5-7,11,15H,2-4,8,13H2,1H3/t11-/m1/s1. The Labute approximate surface area is 107 Å². The molecule has 1 aromatic rings. The molecule has 1 heterocycles. The van der Waals surface area contributed by atoms with Gasteiger partial charge in [-0.1, -0.05) is 0 Å². The molecule has 0 radical (unpaired) electrons. The summed E-state index contributed by atoms with van der Waals surface area (Å²) in [6.45, 7) is 2.13. The van der Waals surface area contributed by atoms with Crippen LogP contribution < -0.4 is 5.73 Å².